The van der Waals surface area contributed by atoms with E-state index in [9.17, 15) is 4.79 Å². The van der Waals surface area contributed by atoms with Crippen LogP contribution in [0.25, 0.3) is 0 Å². The number of carbonyl (C=O) groups is 1. The van der Waals surface area contributed by atoms with E-state index in [4.69, 9.17) is 0 Å². The summed E-state index contributed by atoms with van der Waals surface area (Å²) in [5.41, 5.74) is 2.76. The van der Waals surface area contributed by atoms with E-state index < -0.39 is 5.41 Å². The van der Waals surface area contributed by atoms with Crippen LogP contribution in [0.2, 0.25) is 0 Å². The number of fused-ring (bicyclic) bond motifs is 1. The third-order valence-electron chi connectivity index (χ3n) is 3.99. The molecule has 0 radical (unpaired) electrons. The number of benzene rings is 2. The first-order chi connectivity index (χ1) is 9.63. The van der Waals surface area contributed by atoms with Gasteiger partial charge in [0.25, 0.3) is 0 Å². The summed E-state index contributed by atoms with van der Waals surface area (Å²) in [7, 11) is 0. The van der Waals surface area contributed by atoms with E-state index in [1.807, 2.05) is 31.2 Å². The summed E-state index contributed by atoms with van der Waals surface area (Å²) in [4.78, 5) is 13.6. The second-order valence-electron chi connectivity index (χ2n) is 5.36. The monoisotopic (exact) mass is 283 g/mol. The van der Waals surface area contributed by atoms with Crippen molar-refractivity contribution in [1.29, 1.82) is 0 Å². The number of carbonyl (C=O) groups excluding carboxylic acids is 1. The molecule has 102 valence electrons. The van der Waals surface area contributed by atoms with Crippen molar-refractivity contribution < 1.29 is 4.79 Å². The van der Waals surface area contributed by atoms with Gasteiger partial charge in [-0.3, -0.25) is 4.79 Å². The van der Waals surface area contributed by atoms with E-state index in [0.29, 0.717) is 0 Å². The summed E-state index contributed by atoms with van der Waals surface area (Å²) in [6, 6.07) is 16.4. The largest absolute Gasteiger partial charge is 0.325 e. The molecule has 2 aromatic rings. The first-order valence-electron chi connectivity index (χ1n) is 6.67. The van der Waals surface area contributed by atoms with Crippen LogP contribution in [-0.4, -0.2) is 12.2 Å². The second kappa shape index (κ2) is 4.98. The highest BCUT2D eigenvalue weighted by molar-refractivity contribution is 7.98. The van der Waals surface area contributed by atoms with E-state index in [2.05, 4.69) is 35.8 Å². The van der Waals surface area contributed by atoms with Gasteiger partial charge in [0.2, 0.25) is 5.91 Å². The van der Waals surface area contributed by atoms with Gasteiger partial charge in [-0.25, -0.2) is 0 Å². The molecule has 0 saturated heterocycles. The van der Waals surface area contributed by atoms with Gasteiger partial charge in [-0.2, -0.15) is 0 Å². The topological polar surface area (TPSA) is 29.1 Å². The van der Waals surface area contributed by atoms with E-state index in [1.54, 1.807) is 11.8 Å². The summed E-state index contributed by atoms with van der Waals surface area (Å²) in [6.45, 7) is 2.02. The van der Waals surface area contributed by atoms with Crippen molar-refractivity contribution >= 4 is 23.4 Å². The minimum atomic E-state index is -0.475. The maximum absolute atomic E-state index is 12.4. The van der Waals surface area contributed by atoms with Gasteiger partial charge in [-0.1, -0.05) is 30.3 Å². The number of hydrogen-bond acceptors (Lipinski definition) is 2. The van der Waals surface area contributed by atoms with Crippen molar-refractivity contribution in [2.24, 2.45) is 0 Å². The lowest BCUT2D eigenvalue weighted by atomic mass is 9.78. The molecule has 2 aromatic carbocycles. The molecule has 1 atom stereocenters. The number of hydrogen-bond donors (Lipinski definition) is 1. The Morgan fingerprint density at radius 1 is 1.10 bits per heavy atom. The Hall–Kier alpha value is -1.74. The predicted molar refractivity (Wildman–Crippen MR) is 84.4 cm³/mol. The Bertz CT molecular complexity index is 650. The van der Waals surface area contributed by atoms with Crippen LogP contribution in [0.15, 0.2) is 53.4 Å². The minimum absolute atomic E-state index is 0.0904. The van der Waals surface area contributed by atoms with Gasteiger partial charge in [0.1, 0.15) is 0 Å². The molecule has 3 rings (SSSR count). The van der Waals surface area contributed by atoms with Crippen molar-refractivity contribution in [2.45, 2.75) is 23.7 Å². The van der Waals surface area contributed by atoms with Gasteiger partial charge < -0.3 is 5.32 Å². The molecule has 1 N–H and O–H groups in total. The third kappa shape index (κ3) is 2.12. The maximum Gasteiger partial charge on any atom is 0.235 e. The smallest absolute Gasteiger partial charge is 0.235 e. The number of rotatable bonds is 3. The Labute approximate surface area is 123 Å². The van der Waals surface area contributed by atoms with Crippen LogP contribution >= 0.6 is 11.8 Å². The molecule has 0 fully saturated rings. The van der Waals surface area contributed by atoms with E-state index in [0.717, 1.165) is 17.7 Å². The number of anilines is 1. The van der Waals surface area contributed by atoms with E-state index in [1.165, 1.54) is 10.5 Å². The molecule has 1 aliphatic rings. The Kier molecular flexibility index (Phi) is 3.30. The second-order valence-corrected chi connectivity index (χ2v) is 6.24. The van der Waals surface area contributed by atoms with Crippen molar-refractivity contribution in [3.8, 4) is 0 Å². The first-order valence-corrected chi connectivity index (χ1v) is 7.90. The highest BCUT2D eigenvalue weighted by Crippen LogP contribution is 2.39. The fraction of sp³-hybridized carbons (Fsp3) is 0.235. The minimum Gasteiger partial charge on any atom is -0.325 e. The van der Waals surface area contributed by atoms with Gasteiger partial charge in [0.05, 0.1) is 5.41 Å². The molecular formula is C17H17NOS. The van der Waals surface area contributed by atoms with Crippen molar-refractivity contribution in [2.75, 3.05) is 11.6 Å². The van der Waals surface area contributed by atoms with Crippen molar-refractivity contribution in [1.82, 2.24) is 0 Å². The lowest BCUT2D eigenvalue weighted by Gasteiger charge is -2.22. The van der Waals surface area contributed by atoms with Crippen LogP contribution in [-0.2, 0) is 16.6 Å². The molecule has 2 nitrogen and oxygen atoms in total. The number of nitrogens with one attached hydrogen (secondary N) is 1. The zero-order valence-electron chi connectivity index (χ0n) is 11.6. The Balaban J connectivity index is 1.94. The predicted octanol–water partition coefficient (Wildman–Crippen LogP) is 3.86. The van der Waals surface area contributed by atoms with Crippen LogP contribution in [0.4, 0.5) is 5.69 Å². The van der Waals surface area contributed by atoms with Crippen molar-refractivity contribution in [3.63, 3.8) is 0 Å². The molecule has 0 aliphatic carbocycles. The lowest BCUT2D eigenvalue weighted by Crippen LogP contribution is -2.33. The average molecular weight is 283 g/mol. The highest BCUT2D eigenvalue weighted by atomic mass is 32.2. The SMILES string of the molecule is CSc1ccc(CC2(C)C(=O)Nc3ccccc32)cc1. The quantitative estimate of drug-likeness (QED) is 0.867. The molecule has 0 aromatic heterocycles. The summed E-state index contributed by atoms with van der Waals surface area (Å²) in [5.74, 6) is 0.0904. The molecule has 0 saturated carbocycles. The summed E-state index contributed by atoms with van der Waals surface area (Å²) in [6.07, 6.45) is 2.79. The number of thioether (sulfide) groups is 1. The highest BCUT2D eigenvalue weighted by Gasteiger charge is 2.42. The average Bonchev–Trinajstić information content (AvgIpc) is 2.72. The van der Waals surface area contributed by atoms with Crippen LogP contribution in [0.1, 0.15) is 18.1 Å². The first kappa shape index (κ1) is 13.3. The molecule has 1 aliphatic heterocycles. The summed E-state index contributed by atoms with van der Waals surface area (Å²) >= 11 is 1.73. The van der Waals surface area contributed by atoms with Gasteiger partial charge in [0, 0.05) is 10.6 Å². The van der Waals surface area contributed by atoms with Gasteiger partial charge in [-0.05, 0) is 48.9 Å². The zero-order chi connectivity index (χ0) is 14.2. The molecule has 1 amide bonds. The number of amides is 1. The fourth-order valence-electron chi connectivity index (χ4n) is 2.78. The van der Waals surface area contributed by atoms with Crippen LogP contribution < -0.4 is 5.32 Å². The molecule has 1 unspecified atom stereocenters. The summed E-state index contributed by atoms with van der Waals surface area (Å²) < 4.78 is 0. The zero-order valence-corrected chi connectivity index (χ0v) is 12.5. The van der Waals surface area contributed by atoms with Gasteiger partial charge >= 0.3 is 0 Å². The molecule has 1 heterocycles. The molecule has 0 spiro atoms. The summed E-state index contributed by atoms with van der Waals surface area (Å²) in [5, 5.41) is 2.99. The Morgan fingerprint density at radius 2 is 1.80 bits per heavy atom. The normalized spacial score (nSPS) is 20.6. The van der Waals surface area contributed by atoms with Crippen LogP contribution in [0.3, 0.4) is 0 Å². The molecular weight excluding hydrogens is 266 g/mol. The van der Waals surface area contributed by atoms with E-state index in [-0.39, 0.29) is 5.91 Å². The lowest BCUT2D eigenvalue weighted by molar-refractivity contribution is -0.120. The molecule has 0 bridgehead atoms. The van der Waals surface area contributed by atoms with Gasteiger partial charge in [0.15, 0.2) is 0 Å². The van der Waals surface area contributed by atoms with Gasteiger partial charge in [-0.15, -0.1) is 11.8 Å². The van der Waals surface area contributed by atoms with Crippen LogP contribution in [0.5, 0.6) is 0 Å². The maximum atomic E-state index is 12.4. The third-order valence-corrected chi connectivity index (χ3v) is 4.73. The Morgan fingerprint density at radius 3 is 2.50 bits per heavy atom. The number of para-hydroxylation sites is 1. The van der Waals surface area contributed by atoms with Crippen molar-refractivity contribution in [3.05, 3.63) is 59.7 Å². The molecule has 3 heteroatoms. The fourth-order valence-corrected chi connectivity index (χ4v) is 3.19. The molecule has 20 heavy (non-hydrogen) atoms. The standard InChI is InChI=1S/C17H17NOS/c1-17(11-12-7-9-13(20-2)10-8-12)14-5-3-4-6-15(14)18-16(17)19/h3-10H,11H2,1-2H3,(H,18,19). The van der Waals surface area contributed by atoms with E-state index >= 15 is 0 Å². The van der Waals surface area contributed by atoms with Crippen LogP contribution in [0, 0.1) is 0 Å².